The van der Waals surface area contributed by atoms with Gasteiger partial charge in [0.15, 0.2) is 0 Å². The zero-order chi connectivity index (χ0) is 13.1. The summed E-state index contributed by atoms with van der Waals surface area (Å²) in [5, 5.41) is 3.10. The molecule has 0 aromatic carbocycles. The molecule has 0 saturated heterocycles. The largest absolute Gasteiger partial charge is 0.397 e. The van der Waals surface area contributed by atoms with Crippen molar-refractivity contribution < 1.29 is 4.79 Å². The molecule has 1 saturated carbocycles. The molecule has 1 aromatic rings. The van der Waals surface area contributed by atoms with Gasteiger partial charge in [-0.2, -0.15) is 0 Å². The molecule has 18 heavy (non-hydrogen) atoms. The minimum absolute atomic E-state index is 0.0210. The van der Waals surface area contributed by atoms with E-state index in [1.807, 2.05) is 7.05 Å². The third-order valence-corrected chi connectivity index (χ3v) is 3.97. The van der Waals surface area contributed by atoms with Crippen molar-refractivity contribution in [1.29, 1.82) is 0 Å². The Kier molecular flexibility index (Phi) is 3.94. The number of nitrogen functional groups attached to an aromatic ring is 1. The normalized spacial score (nSPS) is 18.6. The summed E-state index contributed by atoms with van der Waals surface area (Å²) in [5.74, 6) is 0.604. The van der Waals surface area contributed by atoms with Gasteiger partial charge in [-0.3, -0.25) is 4.79 Å². The smallest absolute Gasteiger partial charge is 0.268 e. The van der Waals surface area contributed by atoms with Crippen molar-refractivity contribution in [3.8, 4) is 0 Å². The van der Waals surface area contributed by atoms with Crippen molar-refractivity contribution in [2.75, 3.05) is 5.73 Å². The molecule has 1 aliphatic rings. The summed E-state index contributed by atoms with van der Waals surface area (Å²) in [5.41, 5.74) is 6.96. The number of nitrogens with zero attached hydrogens (tertiary/aromatic N) is 1. The lowest BCUT2D eigenvalue weighted by molar-refractivity contribution is 0.0911. The standard InChI is InChI=1S/C14H23N3O/c1-10(11-6-4-3-5-7-11)16-14(18)13-8-12(15)9-17(13)2/h8-11H,3-7,15H2,1-2H3,(H,16,18). The fraction of sp³-hybridized carbons (Fsp3) is 0.643. The molecule has 1 atom stereocenters. The van der Waals surface area contributed by atoms with Crippen LogP contribution in [-0.4, -0.2) is 16.5 Å². The molecule has 1 unspecified atom stereocenters. The number of carbonyl (C=O) groups excluding carboxylic acids is 1. The van der Waals surface area contributed by atoms with Crippen LogP contribution in [0, 0.1) is 5.92 Å². The van der Waals surface area contributed by atoms with E-state index in [9.17, 15) is 4.79 Å². The summed E-state index contributed by atoms with van der Waals surface area (Å²) in [6, 6.07) is 1.97. The highest BCUT2D eigenvalue weighted by Gasteiger charge is 2.22. The number of nitrogens with one attached hydrogen (secondary N) is 1. The van der Waals surface area contributed by atoms with Gasteiger partial charge in [-0.05, 0) is 31.7 Å². The molecule has 1 aromatic heterocycles. The molecule has 0 radical (unpaired) electrons. The van der Waals surface area contributed by atoms with E-state index in [0.717, 1.165) is 0 Å². The third kappa shape index (κ3) is 2.86. The fourth-order valence-electron chi connectivity index (χ4n) is 2.85. The van der Waals surface area contributed by atoms with Crippen molar-refractivity contribution in [2.24, 2.45) is 13.0 Å². The molecule has 0 aliphatic heterocycles. The van der Waals surface area contributed by atoms with E-state index in [-0.39, 0.29) is 11.9 Å². The summed E-state index contributed by atoms with van der Waals surface area (Å²) in [7, 11) is 1.84. The first kappa shape index (κ1) is 13.0. The highest BCUT2D eigenvalue weighted by molar-refractivity contribution is 5.93. The molecular formula is C14H23N3O. The van der Waals surface area contributed by atoms with Gasteiger partial charge in [-0.25, -0.2) is 0 Å². The maximum Gasteiger partial charge on any atom is 0.268 e. The quantitative estimate of drug-likeness (QED) is 0.863. The Morgan fingerprint density at radius 2 is 2.11 bits per heavy atom. The zero-order valence-corrected chi connectivity index (χ0v) is 11.3. The fourth-order valence-corrected chi connectivity index (χ4v) is 2.85. The summed E-state index contributed by atoms with van der Waals surface area (Å²) in [6.07, 6.45) is 8.16. The van der Waals surface area contributed by atoms with Crippen molar-refractivity contribution >= 4 is 11.6 Å². The number of nitrogens with two attached hydrogens (primary N) is 1. The van der Waals surface area contributed by atoms with Crippen LogP contribution in [0.2, 0.25) is 0 Å². The Labute approximate surface area is 109 Å². The van der Waals surface area contributed by atoms with Crippen molar-refractivity contribution in [3.05, 3.63) is 18.0 Å². The average Bonchev–Trinajstić information content (AvgIpc) is 2.69. The minimum atomic E-state index is -0.0210. The third-order valence-electron chi connectivity index (χ3n) is 3.97. The zero-order valence-electron chi connectivity index (χ0n) is 11.3. The molecule has 100 valence electrons. The van der Waals surface area contributed by atoms with Crippen LogP contribution in [0.5, 0.6) is 0 Å². The van der Waals surface area contributed by atoms with E-state index in [4.69, 9.17) is 5.73 Å². The molecule has 4 nitrogen and oxygen atoms in total. The molecular weight excluding hydrogens is 226 g/mol. The Balaban J connectivity index is 1.96. The van der Waals surface area contributed by atoms with Crippen LogP contribution in [0.4, 0.5) is 5.69 Å². The van der Waals surface area contributed by atoms with Crippen molar-refractivity contribution in [1.82, 2.24) is 9.88 Å². The van der Waals surface area contributed by atoms with Crippen LogP contribution in [-0.2, 0) is 7.05 Å². The van der Waals surface area contributed by atoms with Crippen LogP contribution in [0.1, 0.15) is 49.5 Å². The molecule has 1 heterocycles. The van der Waals surface area contributed by atoms with E-state index in [1.165, 1.54) is 32.1 Å². The SMILES string of the molecule is CC(NC(=O)c1cc(N)cn1C)C1CCCCC1. The minimum Gasteiger partial charge on any atom is -0.397 e. The monoisotopic (exact) mass is 249 g/mol. The van der Waals surface area contributed by atoms with Gasteiger partial charge in [0.05, 0.1) is 5.69 Å². The summed E-state index contributed by atoms with van der Waals surface area (Å²) < 4.78 is 1.78. The molecule has 1 aliphatic carbocycles. The van der Waals surface area contributed by atoms with Gasteiger partial charge in [-0.1, -0.05) is 19.3 Å². The summed E-state index contributed by atoms with van der Waals surface area (Å²) >= 11 is 0. The second kappa shape index (κ2) is 5.46. The maximum absolute atomic E-state index is 12.1. The van der Waals surface area contributed by atoms with Gasteiger partial charge in [-0.15, -0.1) is 0 Å². The maximum atomic E-state index is 12.1. The van der Waals surface area contributed by atoms with E-state index < -0.39 is 0 Å². The Bertz CT molecular complexity index is 419. The van der Waals surface area contributed by atoms with Crippen LogP contribution in [0.15, 0.2) is 12.3 Å². The van der Waals surface area contributed by atoms with Gasteiger partial charge in [0, 0.05) is 19.3 Å². The highest BCUT2D eigenvalue weighted by Crippen LogP contribution is 2.26. The second-order valence-electron chi connectivity index (χ2n) is 5.43. The van der Waals surface area contributed by atoms with E-state index >= 15 is 0 Å². The van der Waals surface area contributed by atoms with E-state index in [2.05, 4.69) is 12.2 Å². The number of rotatable bonds is 3. The van der Waals surface area contributed by atoms with Gasteiger partial charge < -0.3 is 15.6 Å². The Hall–Kier alpha value is -1.45. The molecule has 2 rings (SSSR count). The lowest BCUT2D eigenvalue weighted by atomic mass is 9.84. The van der Waals surface area contributed by atoms with E-state index in [0.29, 0.717) is 17.3 Å². The summed E-state index contributed by atoms with van der Waals surface area (Å²) in [4.78, 5) is 12.1. The molecule has 0 spiro atoms. The molecule has 4 heteroatoms. The van der Waals surface area contributed by atoms with Crippen molar-refractivity contribution in [2.45, 2.75) is 45.1 Å². The Morgan fingerprint density at radius 3 is 2.67 bits per heavy atom. The second-order valence-corrected chi connectivity index (χ2v) is 5.43. The Morgan fingerprint density at radius 1 is 1.44 bits per heavy atom. The van der Waals surface area contributed by atoms with Crippen LogP contribution >= 0.6 is 0 Å². The van der Waals surface area contributed by atoms with Crippen molar-refractivity contribution in [3.63, 3.8) is 0 Å². The number of carbonyl (C=O) groups is 1. The lowest BCUT2D eigenvalue weighted by Gasteiger charge is -2.28. The van der Waals surface area contributed by atoms with Crippen LogP contribution in [0.3, 0.4) is 0 Å². The molecule has 1 fully saturated rings. The number of amides is 1. The first-order valence-corrected chi connectivity index (χ1v) is 6.80. The molecule has 0 bridgehead atoms. The van der Waals surface area contributed by atoms with Gasteiger partial charge in [0.25, 0.3) is 5.91 Å². The van der Waals surface area contributed by atoms with E-state index in [1.54, 1.807) is 16.8 Å². The predicted molar refractivity (Wildman–Crippen MR) is 73.3 cm³/mol. The topological polar surface area (TPSA) is 60.1 Å². The molecule has 1 amide bonds. The number of aromatic nitrogens is 1. The summed E-state index contributed by atoms with van der Waals surface area (Å²) in [6.45, 7) is 2.11. The average molecular weight is 249 g/mol. The molecule has 3 N–H and O–H groups in total. The number of aryl methyl sites for hydroxylation is 1. The predicted octanol–water partition coefficient (Wildman–Crippen LogP) is 2.31. The first-order chi connectivity index (χ1) is 8.58. The van der Waals surface area contributed by atoms with Gasteiger partial charge in [0.1, 0.15) is 5.69 Å². The highest BCUT2D eigenvalue weighted by atomic mass is 16.2. The van der Waals surface area contributed by atoms with Gasteiger partial charge >= 0.3 is 0 Å². The number of hydrogen-bond acceptors (Lipinski definition) is 2. The first-order valence-electron chi connectivity index (χ1n) is 6.80. The van der Waals surface area contributed by atoms with Crippen LogP contribution < -0.4 is 11.1 Å². The lowest BCUT2D eigenvalue weighted by Crippen LogP contribution is -2.39. The van der Waals surface area contributed by atoms with Gasteiger partial charge in [0.2, 0.25) is 0 Å². The number of anilines is 1. The number of hydrogen-bond donors (Lipinski definition) is 2. The van der Waals surface area contributed by atoms with Crippen LogP contribution in [0.25, 0.3) is 0 Å².